The maximum absolute atomic E-state index is 12.8. The Hall–Kier alpha value is -4.70. The topological polar surface area (TPSA) is 133 Å². The summed E-state index contributed by atoms with van der Waals surface area (Å²) in [4.78, 5) is 30.5. The predicted molar refractivity (Wildman–Crippen MR) is 183 cm³/mol. The largest absolute Gasteiger partial charge is 0.423 e. The molecule has 0 saturated carbocycles. The number of nitrogens with zero attached hydrogens (tertiary/aromatic N) is 4. The SMILES string of the molecule is CN(C)c1ccc2c(CC(=O)NCc3cn(CCCCC4=CC5Cc6[nH+]c7cc(Cl)ccc7c(N)c6C(C4)C5)nn3)cc(=O)oc2c1. The molecule has 0 fully saturated rings. The Morgan fingerprint density at radius 2 is 2.00 bits per heavy atom. The van der Waals surface area contributed by atoms with Crippen LogP contribution in [0.15, 0.2) is 69.5 Å². The molecule has 3 aromatic heterocycles. The molecule has 3 heterocycles. The highest BCUT2D eigenvalue weighted by atomic mass is 35.5. The Balaban J connectivity index is 0.894. The van der Waals surface area contributed by atoms with Gasteiger partial charge in [-0.1, -0.05) is 28.5 Å². The number of aryl methyl sites for hydroxylation is 1. The zero-order valence-corrected chi connectivity index (χ0v) is 27.4. The number of aromatic nitrogens is 4. The minimum absolute atomic E-state index is 0.0665. The number of rotatable bonds is 10. The first-order chi connectivity index (χ1) is 22.7. The van der Waals surface area contributed by atoms with Crippen LogP contribution in [-0.4, -0.2) is 35.0 Å². The highest BCUT2D eigenvalue weighted by molar-refractivity contribution is 6.31. The average Bonchev–Trinajstić information content (AvgIpc) is 3.49. The first-order valence-corrected chi connectivity index (χ1v) is 16.6. The minimum Gasteiger partial charge on any atom is -0.423 e. The summed E-state index contributed by atoms with van der Waals surface area (Å²) < 4.78 is 7.23. The smallest absolute Gasteiger partial charge is 0.336 e. The molecular weight excluding hydrogens is 614 g/mol. The van der Waals surface area contributed by atoms with E-state index >= 15 is 0 Å². The van der Waals surface area contributed by atoms with E-state index in [0.29, 0.717) is 33.7 Å². The van der Waals surface area contributed by atoms with Gasteiger partial charge in [0, 0.05) is 66.9 Å². The summed E-state index contributed by atoms with van der Waals surface area (Å²) in [6.07, 6.45) is 10.7. The molecule has 2 aliphatic rings. The van der Waals surface area contributed by atoms with Crippen molar-refractivity contribution in [3.05, 3.63) is 98.3 Å². The quantitative estimate of drug-likeness (QED) is 0.118. The number of fused-ring (bicyclic) bond motifs is 6. The van der Waals surface area contributed by atoms with Crippen molar-refractivity contribution in [2.75, 3.05) is 24.7 Å². The van der Waals surface area contributed by atoms with E-state index in [-0.39, 0.29) is 18.9 Å². The molecule has 10 nitrogen and oxygen atoms in total. The van der Waals surface area contributed by atoms with E-state index in [4.69, 9.17) is 21.8 Å². The third-order valence-corrected chi connectivity index (χ3v) is 9.72. The number of nitrogens with one attached hydrogen (secondary N) is 2. The summed E-state index contributed by atoms with van der Waals surface area (Å²) in [5.41, 5.74) is 14.9. The van der Waals surface area contributed by atoms with Crippen LogP contribution in [0, 0.1) is 5.92 Å². The Morgan fingerprint density at radius 1 is 1.15 bits per heavy atom. The fraction of sp³-hybridized carbons (Fsp3) is 0.361. The number of benzene rings is 2. The van der Waals surface area contributed by atoms with Crippen LogP contribution in [0.1, 0.15) is 60.5 Å². The van der Waals surface area contributed by atoms with Crippen LogP contribution in [0.2, 0.25) is 5.02 Å². The van der Waals surface area contributed by atoms with Crippen LogP contribution in [0.5, 0.6) is 0 Å². The molecule has 2 bridgehead atoms. The number of hydrogen-bond donors (Lipinski definition) is 2. The van der Waals surface area contributed by atoms with Gasteiger partial charge in [0.25, 0.3) is 0 Å². The van der Waals surface area contributed by atoms with Gasteiger partial charge in [0.1, 0.15) is 11.3 Å². The van der Waals surface area contributed by atoms with Gasteiger partial charge in [-0.15, -0.1) is 5.10 Å². The van der Waals surface area contributed by atoms with Crippen molar-refractivity contribution in [3.8, 4) is 0 Å². The van der Waals surface area contributed by atoms with Crippen molar-refractivity contribution < 1.29 is 14.2 Å². The number of pyridine rings is 1. The number of anilines is 2. The number of hydrogen-bond acceptors (Lipinski definition) is 7. The lowest BCUT2D eigenvalue weighted by atomic mass is 9.70. The molecule has 0 aliphatic heterocycles. The number of amides is 1. The second-order valence-corrected chi connectivity index (χ2v) is 13.5. The first kappa shape index (κ1) is 30.9. The lowest BCUT2D eigenvalue weighted by molar-refractivity contribution is -0.360. The van der Waals surface area contributed by atoms with Crippen LogP contribution in [-0.2, 0) is 30.7 Å². The van der Waals surface area contributed by atoms with Crippen LogP contribution < -0.4 is 26.6 Å². The van der Waals surface area contributed by atoms with E-state index in [0.717, 1.165) is 72.7 Å². The van der Waals surface area contributed by atoms with Gasteiger partial charge in [-0.25, -0.2) is 9.78 Å². The maximum atomic E-state index is 12.8. The standard InChI is InChI=1S/C36H38ClN7O3/c1-43(2)27-7-9-28-23(16-34(46)47-32(28)18-27)15-33(45)39-19-26-20-44(42-41-26)10-4-3-5-21-11-22-13-24(12-21)35-31(14-22)40-30-17-25(37)6-8-29(30)36(35)38/h6-9,11,16-18,20,22,24H,3-5,10,12-15,19H2,1-2H3,(H2,38,40)(H,39,45)/p+1. The van der Waals surface area contributed by atoms with Crippen molar-refractivity contribution in [1.82, 2.24) is 20.3 Å². The van der Waals surface area contributed by atoms with Crippen LogP contribution in [0.25, 0.3) is 21.9 Å². The summed E-state index contributed by atoms with van der Waals surface area (Å²) in [7, 11) is 3.83. The van der Waals surface area contributed by atoms with Gasteiger partial charge in [0.15, 0.2) is 5.69 Å². The Kier molecular flexibility index (Phi) is 8.44. The van der Waals surface area contributed by atoms with Crippen molar-refractivity contribution >= 4 is 50.8 Å². The molecule has 242 valence electrons. The molecule has 0 radical (unpaired) electrons. The highest BCUT2D eigenvalue weighted by Crippen LogP contribution is 2.46. The minimum atomic E-state index is -0.477. The molecular formula is C36H39ClN7O3+. The summed E-state index contributed by atoms with van der Waals surface area (Å²) >= 11 is 6.24. The summed E-state index contributed by atoms with van der Waals surface area (Å²) in [6.45, 7) is 1.03. The fourth-order valence-corrected chi connectivity index (χ4v) is 7.46. The molecule has 0 saturated heterocycles. The van der Waals surface area contributed by atoms with Crippen LogP contribution >= 0.6 is 11.6 Å². The predicted octanol–water partition coefficient (Wildman–Crippen LogP) is 5.36. The van der Waals surface area contributed by atoms with E-state index in [2.05, 4.69) is 26.7 Å². The number of halogens is 1. The lowest BCUT2D eigenvalue weighted by Gasteiger charge is -2.34. The number of carbonyl (C=O) groups excluding carboxylic acids is 1. The molecule has 47 heavy (non-hydrogen) atoms. The zero-order chi connectivity index (χ0) is 32.7. The van der Waals surface area contributed by atoms with E-state index in [1.54, 1.807) is 6.07 Å². The Labute approximate surface area is 277 Å². The number of carbonyl (C=O) groups is 1. The second-order valence-electron chi connectivity index (χ2n) is 13.1. The zero-order valence-electron chi connectivity index (χ0n) is 26.7. The monoisotopic (exact) mass is 652 g/mol. The highest BCUT2D eigenvalue weighted by Gasteiger charge is 2.36. The molecule has 0 spiro atoms. The van der Waals surface area contributed by atoms with Gasteiger partial charge in [0.05, 0.1) is 30.2 Å². The van der Waals surface area contributed by atoms with Gasteiger partial charge in [-0.3, -0.25) is 9.48 Å². The van der Waals surface area contributed by atoms with E-state index in [1.807, 2.05) is 60.2 Å². The van der Waals surface area contributed by atoms with Crippen LogP contribution in [0.4, 0.5) is 11.4 Å². The van der Waals surface area contributed by atoms with E-state index in [9.17, 15) is 9.59 Å². The van der Waals surface area contributed by atoms with Crippen molar-refractivity contribution in [3.63, 3.8) is 0 Å². The van der Waals surface area contributed by atoms with Crippen molar-refractivity contribution in [2.45, 2.75) is 64.0 Å². The van der Waals surface area contributed by atoms with E-state index < -0.39 is 5.63 Å². The van der Waals surface area contributed by atoms with Gasteiger partial charge in [-0.2, -0.15) is 0 Å². The summed E-state index contributed by atoms with van der Waals surface area (Å²) in [5.74, 6) is 0.779. The number of nitrogens with two attached hydrogens (primary N) is 1. The van der Waals surface area contributed by atoms with Gasteiger partial charge < -0.3 is 20.4 Å². The molecule has 1 amide bonds. The van der Waals surface area contributed by atoms with Crippen molar-refractivity contribution in [2.24, 2.45) is 5.92 Å². The molecule has 2 atom stereocenters. The average molecular weight is 653 g/mol. The number of H-pyrrole nitrogens is 1. The summed E-state index contributed by atoms with van der Waals surface area (Å²) in [6, 6.07) is 12.9. The third kappa shape index (κ3) is 6.60. The number of aromatic amines is 1. The fourth-order valence-electron chi connectivity index (χ4n) is 7.29. The maximum Gasteiger partial charge on any atom is 0.336 e. The molecule has 7 rings (SSSR count). The Morgan fingerprint density at radius 3 is 2.85 bits per heavy atom. The normalized spacial score (nSPS) is 17.0. The van der Waals surface area contributed by atoms with Gasteiger partial charge in [0.2, 0.25) is 11.4 Å². The number of allylic oxidation sites excluding steroid dienone is 2. The molecule has 5 aromatic rings. The lowest BCUT2D eigenvalue weighted by Crippen LogP contribution is -2.30. The summed E-state index contributed by atoms with van der Waals surface area (Å²) in [5, 5.41) is 13.9. The molecule has 2 aliphatic carbocycles. The van der Waals surface area contributed by atoms with Crippen molar-refractivity contribution in [1.29, 1.82) is 0 Å². The third-order valence-electron chi connectivity index (χ3n) is 9.48. The first-order valence-electron chi connectivity index (χ1n) is 16.2. The van der Waals surface area contributed by atoms with E-state index in [1.165, 1.54) is 22.9 Å². The second kappa shape index (κ2) is 12.8. The van der Waals surface area contributed by atoms with Gasteiger partial charge in [-0.05, 0) is 73.8 Å². The molecule has 2 aromatic carbocycles. The molecule has 2 unspecified atom stereocenters. The van der Waals surface area contributed by atoms with Crippen LogP contribution in [0.3, 0.4) is 0 Å². The Bertz CT molecular complexity index is 2080. The number of unbranched alkanes of at least 4 members (excludes halogenated alkanes) is 1. The molecule has 4 N–H and O–H groups in total. The number of nitrogen functional groups attached to an aromatic ring is 1. The molecule has 11 heteroatoms. The van der Waals surface area contributed by atoms with Gasteiger partial charge >= 0.3 is 5.63 Å².